The van der Waals surface area contributed by atoms with E-state index in [-0.39, 0.29) is 27.1 Å². The lowest BCUT2D eigenvalue weighted by Gasteiger charge is -2.21. The average Bonchev–Trinajstić information content (AvgIpc) is 3.04. The van der Waals surface area contributed by atoms with Gasteiger partial charge in [0.15, 0.2) is 0 Å². The van der Waals surface area contributed by atoms with Gasteiger partial charge < -0.3 is 4.74 Å². The van der Waals surface area contributed by atoms with Gasteiger partial charge in [0.25, 0.3) is 0 Å². The van der Waals surface area contributed by atoms with Gasteiger partial charge in [0.05, 0.1) is 11.8 Å². The third-order valence-electron chi connectivity index (χ3n) is 3.67. The molecule has 1 aromatic heterocycles. The third kappa shape index (κ3) is 3.37. The number of nitrogens with zero attached hydrogens (tertiary/aromatic N) is 3. The summed E-state index contributed by atoms with van der Waals surface area (Å²) in [6.07, 6.45) is -4.65. The predicted octanol–water partition coefficient (Wildman–Crippen LogP) is 3.80. The first-order valence-electron chi connectivity index (χ1n) is 7.25. The van der Waals surface area contributed by atoms with E-state index in [1.165, 1.54) is 13.0 Å². The minimum atomic E-state index is -4.75. The molecule has 0 bridgehead atoms. The second-order valence-electron chi connectivity index (χ2n) is 5.40. The van der Waals surface area contributed by atoms with Crippen LogP contribution in [0.25, 0.3) is 11.1 Å². The quantitative estimate of drug-likeness (QED) is 0.831. The van der Waals surface area contributed by atoms with Crippen molar-refractivity contribution < 1.29 is 31.5 Å². The number of halogens is 5. The Labute approximate surface area is 143 Å². The summed E-state index contributed by atoms with van der Waals surface area (Å²) in [6.45, 7) is -1.50. The number of hydrazone groups is 1. The molecule has 6 nitrogen and oxygen atoms in total. The first kappa shape index (κ1) is 17.8. The van der Waals surface area contributed by atoms with E-state index in [1.807, 2.05) is 5.43 Å². The number of hydrogen-bond donors (Lipinski definition) is 1. The summed E-state index contributed by atoms with van der Waals surface area (Å²) >= 11 is 0. The van der Waals surface area contributed by atoms with Crippen molar-refractivity contribution in [1.29, 1.82) is 0 Å². The Morgan fingerprint density at radius 3 is 2.58 bits per heavy atom. The van der Waals surface area contributed by atoms with E-state index in [0.717, 1.165) is 24.5 Å². The van der Waals surface area contributed by atoms with Crippen LogP contribution >= 0.6 is 0 Å². The molecule has 1 N–H and O–H groups in total. The van der Waals surface area contributed by atoms with Gasteiger partial charge in [0.2, 0.25) is 0 Å². The Balaban J connectivity index is 2.08. The van der Waals surface area contributed by atoms with Gasteiger partial charge in [0.1, 0.15) is 11.8 Å². The Morgan fingerprint density at radius 1 is 1.27 bits per heavy atom. The number of aromatic nitrogens is 2. The van der Waals surface area contributed by atoms with Crippen LogP contribution in [0.5, 0.6) is 0 Å². The largest absolute Gasteiger partial charge is 0.439 e. The number of hydrogen-bond acceptors (Lipinski definition) is 4. The lowest BCUT2D eigenvalue weighted by Crippen LogP contribution is -2.37. The zero-order valence-corrected chi connectivity index (χ0v) is 13.1. The van der Waals surface area contributed by atoms with Crippen LogP contribution in [0.15, 0.2) is 35.7 Å². The Kier molecular flexibility index (Phi) is 4.38. The van der Waals surface area contributed by atoms with Crippen LogP contribution in [0.1, 0.15) is 24.6 Å². The Bertz CT molecular complexity index is 875. The lowest BCUT2D eigenvalue weighted by atomic mass is 9.96. The van der Waals surface area contributed by atoms with Crippen LogP contribution in [-0.4, -0.2) is 27.7 Å². The van der Waals surface area contributed by atoms with Crippen LogP contribution in [0.3, 0.4) is 0 Å². The molecule has 1 atom stereocenters. The number of amides is 1. The molecule has 11 heteroatoms. The molecule has 1 aromatic carbocycles. The first-order chi connectivity index (χ1) is 12.2. The smallest absolute Gasteiger partial charge is 0.428 e. The van der Waals surface area contributed by atoms with Crippen molar-refractivity contribution in [3.05, 3.63) is 41.7 Å². The Morgan fingerprint density at radius 2 is 2.00 bits per heavy atom. The summed E-state index contributed by atoms with van der Waals surface area (Å²) in [5.74, 6) is 0. The number of carbonyl (C=O) groups excluding carboxylic acids is 1. The van der Waals surface area contributed by atoms with Crippen LogP contribution < -0.4 is 5.43 Å². The number of nitrogens with one attached hydrogen (secondary N) is 1. The highest BCUT2D eigenvalue weighted by Crippen LogP contribution is 2.38. The highest BCUT2D eigenvalue weighted by molar-refractivity contribution is 6.06. The summed E-state index contributed by atoms with van der Waals surface area (Å²) < 4.78 is 70.8. The van der Waals surface area contributed by atoms with Gasteiger partial charge in [-0.05, 0) is 18.6 Å². The molecule has 2 aromatic rings. The number of carbonyl (C=O) groups is 1. The summed E-state index contributed by atoms with van der Waals surface area (Å²) in [5, 5.41) is 7.08. The molecule has 0 aliphatic carbocycles. The maximum absolute atomic E-state index is 13.5. The summed E-state index contributed by atoms with van der Waals surface area (Å²) in [6, 6.07) is 3.29. The van der Waals surface area contributed by atoms with Gasteiger partial charge in [-0.25, -0.2) is 14.9 Å². The topological polar surface area (TPSA) is 68.5 Å². The van der Waals surface area contributed by atoms with Crippen LogP contribution in [0, 0.1) is 0 Å². The minimum Gasteiger partial charge on any atom is -0.439 e. The summed E-state index contributed by atoms with van der Waals surface area (Å²) in [4.78, 5) is 11.1. The number of cyclic esters (lactones) is 1. The normalized spacial score (nSPS) is 17.7. The molecule has 2 heterocycles. The van der Waals surface area contributed by atoms with E-state index in [2.05, 4.69) is 10.2 Å². The fraction of sp³-hybridized carbons (Fsp3) is 0.267. The molecule has 1 aliphatic rings. The zero-order valence-electron chi connectivity index (χ0n) is 13.1. The lowest BCUT2D eigenvalue weighted by molar-refractivity contribution is -0.137. The van der Waals surface area contributed by atoms with E-state index in [4.69, 9.17) is 4.74 Å². The van der Waals surface area contributed by atoms with Gasteiger partial charge in [-0.15, -0.1) is 0 Å². The molecule has 0 spiro atoms. The molecule has 1 aliphatic heterocycles. The fourth-order valence-electron chi connectivity index (χ4n) is 2.51. The predicted molar refractivity (Wildman–Crippen MR) is 79.5 cm³/mol. The van der Waals surface area contributed by atoms with Gasteiger partial charge in [-0.2, -0.15) is 32.2 Å². The van der Waals surface area contributed by atoms with Crippen molar-refractivity contribution in [3.63, 3.8) is 0 Å². The van der Waals surface area contributed by atoms with E-state index in [1.54, 1.807) is 0 Å². The zero-order chi connectivity index (χ0) is 19.1. The Hall–Kier alpha value is -2.98. The third-order valence-corrected chi connectivity index (χ3v) is 3.67. The molecule has 0 unspecified atom stereocenters. The second-order valence-corrected chi connectivity index (χ2v) is 5.40. The van der Waals surface area contributed by atoms with Gasteiger partial charge >= 0.3 is 18.8 Å². The van der Waals surface area contributed by atoms with Crippen molar-refractivity contribution in [3.8, 4) is 11.1 Å². The molecule has 1 amide bonds. The van der Waals surface area contributed by atoms with E-state index < -0.39 is 30.5 Å². The molecule has 138 valence electrons. The highest BCUT2D eigenvalue weighted by atomic mass is 19.4. The van der Waals surface area contributed by atoms with Crippen molar-refractivity contribution in [2.75, 3.05) is 0 Å². The van der Waals surface area contributed by atoms with Crippen LogP contribution in [0.4, 0.5) is 26.7 Å². The van der Waals surface area contributed by atoms with Crippen molar-refractivity contribution in [2.24, 2.45) is 5.10 Å². The monoisotopic (exact) mass is 374 g/mol. The average molecular weight is 374 g/mol. The van der Waals surface area contributed by atoms with Crippen LogP contribution in [-0.2, 0) is 10.9 Å². The van der Waals surface area contributed by atoms with Crippen molar-refractivity contribution >= 4 is 11.8 Å². The minimum absolute atomic E-state index is 0.0785. The summed E-state index contributed by atoms with van der Waals surface area (Å²) in [7, 11) is 0. The van der Waals surface area contributed by atoms with E-state index in [0.29, 0.717) is 0 Å². The maximum Gasteiger partial charge on any atom is 0.428 e. The highest BCUT2D eigenvalue weighted by Gasteiger charge is 2.35. The SMILES string of the molecule is C[C@@H]1OC(=O)NN=C1c1ccc(-c2cnn(C(F)F)c2)c(C(F)(F)F)c1. The molecule has 3 rings (SSSR count). The van der Waals surface area contributed by atoms with Gasteiger partial charge in [-0.3, -0.25) is 0 Å². The van der Waals surface area contributed by atoms with E-state index >= 15 is 0 Å². The number of benzene rings is 1. The number of alkyl halides is 5. The van der Waals surface area contributed by atoms with Crippen molar-refractivity contribution in [1.82, 2.24) is 15.2 Å². The molecule has 26 heavy (non-hydrogen) atoms. The van der Waals surface area contributed by atoms with E-state index in [9.17, 15) is 26.7 Å². The van der Waals surface area contributed by atoms with Gasteiger partial charge in [0, 0.05) is 17.3 Å². The molecular weight excluding hydrogens is 363 g/mol. The molecule has 0 saturated carbocycles. The van der Waals surface area contributed by atoms with Crippen LogP contribution in [0.2, 0.25) is 0 Å². The standard InChI is InChI=1S/C15H11F5N4O2/c1-7-12(22-23-14(25)26-7)8-2-3-10(11(4-8)15(18,19)20)9-5-21-24(6-9)13(16)17/h2-7,13H,1H3,(H,23,25)/t7-/m0/s1. The fourth-order valence-corrected chi connectivity index (χ4v) is 2.51. The first-order valence-corrected chi connectivity index (χ1v) is 7.25. The summed E-state index contributed by atoms with van der Waals surface area (Å²) in [5.41, 5.74) is 0.757. The molecule has 0 radical (unpaired) electrons. The number of rotatable bonds is 3. The molecule has 0 saturated heterocycles. The second kappa shape index (κ2) is 6.39. The molecule has 0 fully saturated rings. The molecular formula is C15H11F5N4O2. The maximum atomic E-state index is 13.5. The number of ether oxygens (including phenoxy) is 1. The van der Waals surface area contributed by atoms with Crippen molar-refractivity contribution in [2.45, 2.75) is 25.8 Å². The van der Waals surface area contributed by atoms with Gasteiger partial charge in [-0.1, -0.05) is 12.1 Å².